The Balaban J connectivity index is 0.000000193. The number of rotatable bonds is 13. The summed E-state index contributed by atoms with van der Waals surface area (Å²) in [5.41, 5.74) is 13.3. The number of aryl methyl sites for hydroxylation is 8. The zero-order chi connectivity index (χ0) is 48.8. The number of carboxylic acids is 2. The summed E-state index contributed by atoms with van der Waals surface area (Å²) in [5.74, 6) is -2.73. The standard InChI is InChI=1S/2C29H30P.C4H6O4/c2*1-22-14-16-26(17-15-22)21-30(27-11-5-8-23(2)18-27,28-12-6-9-24(3)19-28)29-13-7-10-25(4)20-29;5-3(6)1-2-4(7)8/h2*5-20H,21H2,1-4H3;1-2H2,(H,5,6)(H,7,8)/q2*+1;/p-2. The fourth-order valence-corrected chi connectivity index (χ4v) is 17.8. The molecular formula is C62H64O4P2. The lowest BCUT2D eigenvalue weighted by Gasteiger charge is -2.28. The first-order valence-corrected chi connectivity index (χ1v) is 27.2. The van der Waals surface area contributed by atoms with Crippen LogP contribution in [0.4, 0.5) is 0 Å². The van der Waals surface area contributed by atoms with Gasteiger partial charge in [-0.05, 0) is 186 Å². The van der Waals surface area contributed by atoms with Crippen molar-refractivity contribution in [1.29, 1.82) is 0 Å². The first kappa shape index (κ1) is 51.0. The minimum Gasteiger partial charge on any atom is -0.550 e. The highest BCUT2D eigenvalue weighted by Crippen LogP contribution is 2.59. The van der Waals surface area contributed by atoms with Crippen LogP contribution in [0.2, 0.25) is 0 Å². The molecule has 0 saturated heterocycles. The molecule has 6 heteroatoms. The van der Waals surface area contributed by atoms with Crippen molar-refractivity contribution < 1.29 is 19.8 Å². The molecule has 0 radical (unpaired) electrons. The van der Waals surface area contributed by atoms with Crippen molar-refractivity contribution in [2.24, 2.45) is 0 Å². The van der Waals surface area contributed by atoms with Gasteiger partial charge in [0.05, 0.1) is 12.3 Å². The molecule has 68 heavy (non-hydrogen) atoms. The maximum Gasteiger partial charge on any atom is 0.116 e. The van der Waals surface area contributed by atoms with Gasteiger partial charge in [0.25, 0.3) is 0 Å². The minimum absolute atomic E-state index is 0.470. The lowest BCUT2D eigenvalue weighted by molar-refractivity contribution is -0.315. The molecule has 8 aromatic carbocycles. The van der Waals surface area contributed by atoms with E-state index in [1.165, 1.54) is 87.5 Å². The van der Waals surface area contributed by atoms with Gasteiger partial charge in [0.1, 0.15) is 46.4 Å². The van der Waals surface area contributed by atoms with Gasteiger partial charge >= 0.3 is 0 Å². The molecule has 0 atom stereocenters. The predicted molar refractivity (Wildman–Crippen MR) is 288 cm³/mol. The van der Waals surface area contributed by atoms with Gasteiger partial charge in [0.2, 0.25) is 0 Å². The van der Waals surface area contributed by atoms with Gasteiger partial charge in [-0.25, -0.2) is 0 Å². The summed E-state index contributed by atoms with van der Waals surface area (Å²) in [6.45, 7) is 17.6. The van der Waals surface area contributed by atoms with Crippen LogP contribution in [0.5, 0.6) is 0 Å². The largest absolute Gasteiger partial charge is 0.550 e. The highest BCUT2D eigenvalue weighted by Gasteiger charge is 2.47. The molecule has 0 fully saturated rings. The molecule has 0 spiro atoms. The molecule has 0 heterocycles. The third-order valence-corrected chi connectivity index (χ3v) is 20.9. The average molecular weight is 935 g/mol. The van der Waals surface area contributed by atoms with Crippen LogP contribution >= 0.6 is 14.5 Å². The Morgan fingerprint density at radius 1 is 0.309 bits per heavy atom. The van der Waals surface area contributed by atoms with Crippen LogP contribution in [-0.4, -0.2) is 11.9 Å². The third-order valence-electron chi connectivity index (χ3n) is 12.3. The second-order valence-electron chi connectivity index (χ2n) is 18.2. The van der Waals surface area contributed by atoms with E-state index in [0.717, 1.165) is 12.3 Å². The smallest absolute Gasteiger partial charge is 0.116 e. The van der Waals surface area contributed by atoms with Crippen LogP contribution < -0.4 is 42.0 Å². The summed E-state index contributed by atoms with van der Waals surface area (Å²) in [7, 11) is -3.74. The van der Waals surface area contributed by atoms with Crippen LogP contribution in [0.3, 0.4) is 0 Å². The molecule has 8 aromatic rings. The summed E-state index contributed by atoms with van der Waals surface area (Å²) < 4.78 is 0. The maximum absolute atomic E-state index is 9.50. The van der Waals surface area contributed by atoms with Crippen molar-refractivity contribution in [3.05, 3.63) is 250 Å². The molecule has 8 rings (SSSR count). The minimum atomic E-state index is -1.87. The monoisotopic (exact) mass is 934 g/mol. The predicted octanol–water partition coefficient (Wildman–Crippen LogP) is 10.1. The molecule has 0 N–H and O–H groups in total. The van der Waals surface area contributed by atoms with Crippen molar-refractivity contribution in [3.63, 3.8) is 0 Å². The first-order valence-electron chi connectivity index (χ1n) is 23.3. The number of carbonyl (C=O) groups is 2. The van der Waals surface area contributed by atoms with Crippen LogP contribution in [0, 0.1) is 55.4 Å². The third kappa shape index (κ3) is 13.2. The summed E-state index contributed by atoms with van der Waals surface area (Å²) in [4.78, 5) is 19.0. The normalized spacial score (nSPS) is 11.1. The van der Waals surface area contributed by atoms with Crippen LogP contribution in [0.25, 0.3) is 0 Å². The Bertz CT molecular complexity index is 2530. The lowest BCUT2D eigenvalue weighted by Crippen LogP contribution is -2.33. The molecular weight excluding hydrogens is 871 g/mol. The quantitative estimate of drug-likeness (QED) is 0.108. The summed E-state index contributed by atoms with van der Waals surface area (Å²) >= 11 is 0. The molecule has 0 aliphatic heterocycles. The van der Waals surface area contributed by atoms with Crippen LogP contribution in [0.1, 0.15) is 68.5 Å². The van der Waals surface area contributed by atoms with Gasteiger partial charge in [0.15, 0.2) is 0 Å². The van der Waals surface area contributed by atoms with E-state index >= 15 is 0 Å². The summed E-state index contributed by atoms with van der Waals surface area (Å²) in [6.07, 6.45) is 1.12. The van der Waals surface area contributed by atoms with Gasteiger partial charge in [-0.1, -0.05) is 132 Å². The first-order chi connectivity index (χ1) is 32.6. The van der Waals surface area contributed by atoms with Crippen LogP contribution in [0.15, 0.2) is 194 Å². The van der Waals surface area contributed by atoms with Crippen molar-refractivity contribution in [2.75, 3.05) is 0 Å². The second kappa shape index (κ2) is 23.5. The van der Waals surface area contributed by atoms with Crippen molar-refractivity contribution in [2.45, 2.75) is 80.6 Å². The highest BCUT2D eigenvalue weighted by atomic mass is 31.2. The molecule has 4 nitrogen and oxygen atoms in total. The van der Waals surface area contributed by atoms with E-state index in [0.29, 0.717) is 0 Å². The average Bonchev–Trinajstić information content (AvgIpc) is 3.31. The van der Waals surface area contributed by atoms with E-state index in [4.69, 9.17) is 0 Å². The van der Waals surface area contributed by atoms with Crippen molar-refractivity contribution in [3.8, 4) is 0 Å². The topological polar surface area (TPSA) is 80.3 Å². The molecule has 0 amide bonds. The molecule has 0 bridgehead atoms. The van der Waals surface area contributed by atoms with Crippen molar-refractivity contribution >= 4 is 58.3 Å². The molecule has 0 unspecified atom stereocenters. The Morgan fingerprint density at radius 2 is 0.515 bits per heavy atom. The summed E-state index contributed by atoms with van der Waals surface area (Å²) in [5, 5.41) is 27.7. The molecule has 0 aliphatic rings. The van der Waals surface area contributed by atoms with Gasteiger partial charge in [-0.3, -0.25) is 0 Å². The van der Waals surface area contributed by atoms with Crippen LogP contribution in [-0.2, 0) is 21.9 Å². The van der Waals surface area contributed by atoms with Gasteiger partial charge < -0.3 is 19.8 Å². The van der Waals surface area contributed by atoms with E-state index in [9.17, 15) is 19.8 Å². The van der Waals surface area contributed by atoms with E-state index in [2.05, 4.69) is 250 Å². The molecule has 0 aliphatic carbocycles. The van der Waals surface area contributed by atoms with Gasteiger partial charge in [-0.15, -0.1) is 0 Å². The summed E-state index contributed by atoms with van der Waals surface area (Å²) in [6, 6.07) is 73.3. The molecule has 0 aromatic heterocycles. The Morgan fingerprint density at radius 3 is 0.691 bits per heavy atom. The zero-order valence-corrected chi connectivity index (χ0v) is 42.6. The SMILES string of the molecule is Cc1ccc(C[P+](c2cccc(C)c2)(c2cccc(C)c2)c2cccc(C)c2)cc1.Cc1ccc(C[P+](c2cccc(C)c2)(c2cccc(C)c2)c2cccc(C)c2)cc1.O=C([O-])CCC(=O)[O-]. The fraction of sp³-hybridized carbons (Fsp3) is 0.194. The second-order valence-corrected chi connectivity index (χ2v) is 25.2. The fourth-order valence-electron chi connectivity index (χ4n) is 8.77. The van der Waals surface area contributed by atoms with E-state index in [1.54, 1.807) is 0 Å². The number of benzene rings is 8. The molecule has 0 saturated carbocycles. The number of hydrogen-bond acceptors (Lipinski definition) is 4. The van der Waals surface area contributed by atoms with E-state index < -0.39 is 39.3 Å². The number of carbonyl (C=O) groups excluding carboxylic acids is 2. The Labute approximate surface area is 406 Å². The highest BCUT2D eigenvalue weighted by molar-refractivity contribution is 7.95. The van der Waals surface area contributed by atoms with E-state index in [-0.39, 0.29) is 0 Å². The molecule has 346 valence electrons. The number of carboxylic acid groups (broad SMARTS) is 2. The maximum atomic E-state index is 9.50. The van der Waals surface area contributed by atoms with Gasteiger partial charge in [-0.2, -0.15) is 0 Å². The van der Waals surface area contributed by atoms with E-state index in [1.807, 2.05) is 0 Å². The Hall–Kier alpha value is -6.44. The van der Waals surface area contributed by atoms with Crippen molar-refractivity contribution in [1.82, 2.24) is 0 Å². The Kier molecular flexibility index (Phi) is 17.6. The number of hydrogen-bond donors (Lipinski definition) is 0. The number of aliphatic carboxylic acids is 2. The van der Waals surface area contributed by atoms with Gasteiger partial charge in [0, 0.05) is 11.9 Å². The zero-order valence-electron chi connectivity index (χ0n) is 40.8. The lowest BCUT2D eigenvalue weighted by atomic mass is 10.2.